The molecule has 0 saturated carbocycles. The minimum Gasteiger partial charge on any atom is -0.504 e. The van der Waals surface area contributed by atoms with E-state index in [1.807, 2.05) is 0 Å². The molecule has 114 valence electrons. The molecule has 0 aliphatic heterocycles. The lowest BCUT2D eigenvalue weighted by Gasteiger charge is -2.20. The number of benzene rings is 1. The zero-order valence-electron chi connectivity index (χ0n) is 12.3. The van der Waals surface area contributed by atoms with E-state index in [1.165, 1.54) is 7.11 Å². The quantitative estimate of drug-likeness (QED) is 0.691. The highest BCUT2D eigenvalue weighted by Gasteiger charge is 2.15. The second-order valence-electron chi connectivity index (χ2n) is 4.89. The third-order valence-electron chi connectivity index (χ3n) is 3.60. The van der Waals surface area contributed by atoms with Crippen LogP contribution in [0.5, 0.6) is 11.5 Å². The maximum absolute atomic E-state index is 10.0. The van der Waals surface area contributed by atoms with Gasteiger partial charge in [0, 0.05) is 29.7 Å². The molecule has 0 aliphatic carbocycles. The SMILES string of the molecule is CCC(CC)C(O)CNCc1cc(Cl)cc(OC)c1O. The van der Waals surface area contributed by atoms with Gasteiger partial charge in [0.2, 0.25) is 0 Å². The van der Waals surface area contributed by atoms with E-state index in [1.54, 1.807) is 12.1 Å². The maximum atomic E-state index is 10.0. The van der Waals surface area contributed by atoms with Crippen molar-refractivity contribution in [3.63, 3.8) is 0 Å². The second-order valence-corrected chi connectivity index (χ2v) is 5.33. The topological polar surface area (TPSA) is 61.7 Å². The predicted octanol–water partition coefficient (Wildman–Crippen LogP) is 2.94. The minimum absolute atomic E-state index is 0.0847. The summed E-state index contributed by atoms with van der Waals surface area (Å²) in [7, 11) is 1.49. The van der Waals surface area contributed by atoms with Gasteiger partial charge < -0.3 is 20.3 Å². The summed E-state index contributed by atoms with van der Waals surface area (Å²) in [5.41, 5.74) is 0.658. The average Bonchev–Trinajstić information content (AvgIpc) is 2.43. The summed E-state index contributed by atoms with van der Waals surface area (Å²) >= 11 is 5.97. The fourth-order valence-electron chi connectivity index (χ4n) is 2.27. The van der Waals surface area contributed by atoms with Crippen LogP contribution in [0.1, 0.15) is 32.3 Å². The van der Waals surface area contributed by atoms with Crippen LogP contribution in [0.3, 0.4) is 0 Å². The van der Waals surface area contributed by atoms with Gasteiger partial charge in [0.25, 0.3) is 0 Å². The first-order chi connectivity index (χ1) is 9.53. The largest absolute Gasteiger partial charge is 0.504 e. The van der Waals surface area contributed by atoms with Crippen molar-refractivity contribution < 1.29 is 14.9 Å². The Bertz CT molecular complexity index is 422. The molecule has 1 atom stereocenters. The third-order valence-corrected chi connectivity index (χ3v) is 3.82. The Hall–Kier alpha value is -0.970. The number of nitrogens with one attached hydrogen (secondary N) is 1. The molecular formula is C15H24ClNO3. The molecule has 0 radical (unpaired) electrons. The standard InChI is InChI=1S/C15H24ClNO3/c1-4-10(5-2)13(18)9-17-8-11-6-12(16)7-14(20-3)15(11)19/h6-7,10,13,17-19H,4-5,8-9H2,1-3H3. The van der Waals surface area contributed by atoms with Gasteiger partial charge in [0.15, 0.2) is 11.5 Å². The molecule has 1 aromatic rings. The number of ether oxygens (including phenoxy) is 1. The molecule has 1 rings (SSSR count). The first-order valence-corrected chi connectivity index (χ1v) is 7.35. The molecule has 0 amide bonds. The van der Waals surface area contributed by atoms with Gasteiger partial charge >= 0.3 is 0 Å². The molecule has 0 saturated heterocycles. The lowest BCUT2D eigenvalue weighted by molar-refractivity contribution is 0.101. The van der Waals surface area contributed by atoms with Crippen molar-refractivity contribution in [3.05, 3.63) is 22.7 Å². The number of aromatic hydroxyl groups is 1. The van der Waals surface area contributed by atoms with Crippen LogP contribution in [0.2, 0.25) is 5.02 Å². The average molecular weight is 302 g/mol. The van der Waals surface area contributed by atoms with E-state index >= 15 is 0 Å². The number of phenolic OH excluding ortho intramolecular Hbond substituents is 1. The monoisotopic (exact) mass is 301 g/mol. The van der Waals surface area contributed by atoms with Crippen molar-refractivity contribution in [1.29, 1.82) is 0 Å². The molecule has 0 bridgehead atoms. The first kappa shape index (κ1) is 17.1. The summed E-state index contributed by atoms with van der Waals surface area (Å²) in [6.07, 6.45) is 1.53. The Morgan fingerprint density at radius 3 is 2.50 bits per heavy atom. The number of aliphatic hydroxyl groups is 1. The molecule has 0 aromatic heterocycles. The fraction of sp³-hybridized carbons (Fsp3) is 0.600. The highest BCUT2D eigenvalue weighted by Crippen LogP contribution is 2.33. The van der Waals surface area contributed by atoms with Crippen molar-refractivity contribution in [2.45, 2.75) is 39.3 Å². The number of phenols is 1. The Labute approximate surface area is 125 Å². The van der Waals surface area contributed by atoms with Gasteiger partial charge in [-0.25, -0.2) is 0 Å². The summed E-state index contributed by atoms with van der Waals surface area (Å²) in [5.74, 6) is 0.737. The van der Waals surface area contributed by atoms with Crippen LogP contribution < -0.4 is 10.1 Å². The number of methoxy groups -OCH3 is 1. The van der Waals surface area contributed by atoms with Gasteiger partial charge in [-0.1, -0.05) is 38.3 Å². The van der Waals surface area contributed by atoms with E-state index in [-0.39, 0.29) is 11.9 Å². The zero-order chi connectivity index (χ0) is 15.1. The fourth-order valence-corrected chi connectivity index (χ4v) is 2.50. The van der Waals surface area contributed by atoms with E-state index in [2.05, 4.69) is 19.2 Å². The molecular weight excluding hydrogens is 278 g/mol. The van der Waals surface area contributed by atoms with Crippen LogP contribution >= 0.6 is 11.6 Å². The lowest BCUT2D eigenvalue weighted by atomic mass is 9.96. The van der Waals surface area contributed by atoms with Gasteiger partial charge in [-0.3, -0.25) is 0 Å². The number of hydrogen-bond donors (Lipinski definition) is 3. The third kappa shape index (κ3) is 4.54. The molecule has 20 heavy (non-hydrogen) atoms. The van der Waals surface area contributed by atoms with E-state index in [9.17, 15) is 10.2 Å². The van der Waals surface area contributed by atoms with Gasteiger partial charge in [0.1, 0.15) is 0 Å². The highest BCUT2D eigenvalue weighted by atomic mass is 35.5. The van der Waals surface area contributed by atoms with Crippen molar-refractivity contribution >= 4 is 11.6 Å². The predicted molar refractivity (Wildman–Crippen MR) is 81.5 cm³/mol. The molecule has 5 heteroatoms. The highest BCUT2D eigenvalue weighted by molar-refractivity contribution is 6.30. The normalized spacial score (nSPS) is 12.7. The summed E-state index contributed by atoms with van der Waals surface area (Å²) in [5, 5.41) is 23.7. The number of aliphatic hydroxyl groups excluding tert-OH is 1. The number of rotatable bonds is 8. The van der Waals surface area contributed by atoms with Crippen molar-refractivity contribution in [2.75, 3.05) is 13.7 Å². The molecule has 0 fully saturated rings. The van der Waals surface area contributed by atoms with Crippen molar-refractivity contribution in [1.82, 2.24) is 5.32 Å². The Morgan fingerprint density at radius 2 is 1.95 bits per heavy atom. The second kappa shape index (κ2) is 8.35. The van der Waals surface area contributed by atoms with Gasteiger partial charge in [-0.2, -0.15) is 0 Å². The van der Waals surface area contributed by atoms with Crippen LogP contribution in [-0.4, -0.2) is 30.0 Å². The summed E-state index contributed by atoms with van der Waals surface area (Å²) in [4.78, 5) is 0. The molecule has 3 N–H and O–H groups in total. The zero-order valence-corrected chi connectivity index (χ0v) is 13.1. The number of hydrogen-bond acceptors (Lipinski definition) is 4. The summed E-state index contributed by atoms with van der Waals surface area (Å²) in [6.45, 7) is 5.07. The van der Waals surface area contributed by atoms with Crippen LogP contribution in [0, 0.1) is 5.92 Å². The van der Waals surface area contributed by atoms with Crippen molar-refractivity contribution in [3.8, 4) is 11.5 Å². The van der Waals surface area contributed by atoms with E-state index in [4.69, 9.17) is 16.3 Å². The molecule has 0 spiro atoms. The summed E-state index contributed by atoms with van der Waals surface area (Å²) in [6, 6.07) is 3.26. The smallest absolute Gasteiger partial charge is 0.162 e. The van der Waals surface area contributed by atoms with E-state index in [0.717, 1.165) is 12.8 Å². The maximum Gasteiger partial charge on any atom is 0.162 e. The van der Waals surface area contributed by atoms with Crippen LogP contribution in [0.25, 0.3) is 0 Å². The van der Waals surface area contributed by atoms with Crippen molar-refractivity contribution in [2.24, 2.45) is 5.92 Å². The Balaban J connectivity index is 2.60. The molecule has 0 aliphatic rings. The van der Waals surface area contributed by atoms with Gasteiger partial charge in [0.05, 0.1) is 13.2 Å². The molecule has 1 unspecified atom stereocenters. The first-order valence-electron chi connectivity index (χ1n) is 6.97. The molecule has 1 aromatic carbocycles. The van der Waals surface area contributed by atoms with Crippen LogP contribution in [0.4, 0.5) is 0 Å². The van der Waals surface area contributed by atoms with Gasteiger partial charge in [-0.05, 0) is 12.0 Å². The minimum atomic E-state index is -0.381. The van der Waals surface area contributed by atoms with Gasteiger partial charge in [-0.15, -0.1) is 0 Å². The Morgan fingerprint density at radius 1 is 1.30 bits per heavy atom. The van der Waals surface area contributed by atoms with Crippen LogP contribution in [0.15, 0.2) is 12.1 Å². The van der Waals surface area contributed by atoms with E-state index in [0.29, 0.717) is 35.3 Å². The molecule has 0 heterocycles. The van der Waals surface area contributed by atoms with E-state index < -0.39 is 0 Å². The number of halogens is 1. The lowest BCUT2D eigenvalue weighted by Crippen LogP contribution is -2.32. The van der Waals surface area contributed by atoms with Crippen LogP contribution in [-0.2, 0) is 6.54 Å². The Kier molecular flexibility index (Phi) is 7.13. The summed E-state index contributed by atoms with van der Waals surface area (Å²) < 4.78 is 5.06. The molecule has 4 nitrogen and oxygen atoms in total.